The molecular weight excluding hydrogens is 396 g/mol. The van der Waals surface area contributed by atoms with Crippen LogP contribution in [0.2, 0.25) is 0 Å². The van der Waals surface area contributed by atoms with E-state index in [-0.39, 0.29) is 17.1 Å². The summed E-state index contributed by atoms with van der Waals surface area (Å²) in [5.41, 5.74) is 3.77. The summed E-state index contributed by atoms with van der Waals surface area (Å²) in [7, 11) is 7.83. The summed E-state index contributed by atoms with van der Waals surface area (Å²) in [5, 5.41) is 2.75. The summed E-state index contributed by atoms with van der Waals surface area (Å²) in [6.45, 7) is 7.36. The second kappa shape index (κ2) is 9.82. The Hall–Kier alpha value is -3.07. The van der Waals surface area contributed by atoms with Gasteiger partial charge in [0.05, 0.1) is 45.3 Å². The van der Waals surface area contributed by atoms with Crippen LogP contribution in [0.4, 0.5) is 4.79 Å². The van der Waals surface area contributed by atoms with Gasteiger partial charge in [0.2, 0.25) is 5.91 Å². The largest absolute Gasteiger partial charge is 0.355 e. The number of aryl methyl sites for hydroxylation is 2. The summed E-state index contributed by atoms with van der Waals surface area (Å²) in [6.07, 6.45) is 0.613. The molecule has 31 heavy (non-hydrogen) atoms. The number of amides is 3. The molecule has 0 spiro atoms. The zero-order valence-electron chi connectivity index (χ0n) is 19.5. The second-order valence-corrected chi connectivity index (χ2v) is 8.83. The number of quaternary nitrogens is 1. The molecule has 0 unspecified atom stereocenters. The lowest BCUT2D eigenvalue weighted by molar-refractivity contribution is -0.869. The Morgan fingerprint density at radius 1 is 1.23 bits per heavy atom. The molecule has 9 nitrogen and oxygen atoms in total. The molecule has 0 bridgehead atoms. The number of likely N-dealkylation sites (N-methyl/N-ethyl adjacent to an activating group) is 2. The molecule has 9 heteroatoms. The molecule has 3 amide bonds. The first-order valence-corrected chi connectivity index (χ1v) is 10.2. The van der Waals surface area contributed by atoms with E-state index in [0.717, 1.165) is 23.2 Å². The third-order valence-electron chi connectivity index (χ3n) is 5.06. The second-order valence-electron chi connectivity index (χ2n) is 8.83. The SMILES string of the molecule is CC(=O)NCCn1/c(=N/C(=O)N(C)CC[N+](C)(C)C)c(C=O)nc2cc(C)c(C)cc21. The first kappa shape index (κ1) is 24.2. The molecule has 0 radical (unpaired) electrons. The molecular formula is C22H33N6O3+. The molecule has 1 aromatic heterocycles. The number of aldehydes is 1. The van der Waals surface area contributed by atoms with E-state index in [1.54, 1.807) is 11.6 Å². The Balaban J connectivity index is 2.62. The highest BCUT2D eigenvalue weighted by Gasteiger charge is 2.16. The molecule has 2 aromatic rings. The minimum absolute atomic E-state index is 0.0898. The average Bonchev–Trinajstić information content (AvgIpc) is 2.67. The van der Waals surface area contributed by atoms with E-state index in [1.807, 2.05) is 47.1 Å². The molecule has 0 fully saturated rings. The fourth-order valence-electron chi connectivity index (χ4n) is 3.01. The van der Waals surface area contributed by atoms with Crippen molar-refractivity contribution >= 4 is 29.3 Å². The Morgan fingerprint density at radius 2 is 1.87 bits per heavy atom. The van der Waals surface area contributed by atoms with Crippen molar-refractivity contribution in [2.75, 3.05) is 47.8 Å². The quantitative estimate of drug-likeness (QED) is 0.529. The topological polar surface area (TPSA) is 96.7 Å². The number of benzene rings is 1. The van der Waals surface area contributed by atoms with Crippen LogP contribution < -0.4 is 10.8 Å². The number of hydrogen-bond donors (Lipinski definition) is 1. The van der Waals surface area contributed by atoms with Gasteiger partial charge in [0, 0.05) is 27.1 Å². The van der Waals surface area contributed by atoms with Crippen LogP contribution in [0.5, 0.6) is 0 Å². The summed E-state index contributed by atoms with van der Waals surface area (Å²) in [5.74, 6) is -0.156. The van der Waals surface area contributed by atoms with Crippen molar-refractivity contribution in [3.8, 4) is 0 Å². The van der Waals surface area contributed by atoms with Crippen molar-refractivity contribution in [1.82, 2.24) is 19.8 Å². The van der Waals surface area contributed by atoms with E-state index in [0.29, 0.717) is 35.9 Å². The summed E-state index contributed by atoms with van der Waals surface area (Å²) in [4.78, 5) is 46.2. The van der Waals surface area contributed by atoms with Crippen LogP contribution >= 0.6 is 0 Å². The van der Waals surface area contributed by atoms with Gasteiger partial charge in [0.1, 0.15) is 5.69 Å². The standard InChI is InChI=1S/C22H32N6O3/c1-15-12-18-20(13-16(15)2)27(9-8-23-17(3)30)21(19(14-29)24-18)25-22(31)26(4)10-11-28(5,6)7/h12-14H,8-11H2,1-7H3/p+1/b25-21+. The van der Waals surface area contributed by atoms with E-state index >= 15 is 0 Å². The maximum atomic E-state index is 12.8. The van der Waals surface area contributed by atoms with Gasteiger partial charge in [-0.1, -0.05) is 0 Å². The van der Waals surface area contributed by atoms with E-state index in [1.165, 1.54) is 11.8 Å². The molecule has 0 saturated carbocycles. The fraction of sp³-hybridized carbons (Fsp3) is 0.500. The zero-order valence-corrected chi connectivity index (χ0v) is 19.5. The van der Waals surface area contributed by atoms with Crippen LogP contribution in [0.3, 0.4) is 0 Å². The predicted molar refractivity (Wildman–Crippen MR) is 120 cm³/mol. The van der Waals surface area contributed by atoms with Crippen LogP contribution in [0.25, 0.3) is 11.0 Å². The Bertz CT molecular complexity index is 1070. The highest BCUT2D eigenvalue weighted by molar-refractivity contribution is 5.82. The average molecular weight is 430 g/mol. The number of aromatic nitrogens is 2. The number of hydrogen-bond acceptors (Lipinski definition) is 4. The van der Waals surface area contributed by atoms with Crippen molar-refractivity contribution < 1.29 is 18.9 Å². The number of urea groups is 1. The van der Waals surface area contributed by atoms with Crippen LogP contribution in [0, 0.1) is 13.8 Å². The molecule has 0 atom stereocenters. The third kappa shape index (κ3) is 6.45. The smallest absolute Gasteiger partial charge is 0.345 e. The van der Waals surface area contributed by atoms with Crippen LogP contribution in [-0.4, -0.2) is 85.0 Å². The summed E-state index contributed by atoms with van der Waals surface area (Å²) in [6, 6.07) is 3.42. The first-order chi connectivity index (χ1) is 14.4. The molecule has 1 aromatic carbocycles. The minimum Gasteiger partial charge on any atom is -0.355 e. The van der Waals surface area contributed by atoms with Crippen molar-refractivity contribution in [3.05, 3.63) is 34.4 Å². The van der Waals surface area contributed by atoms with Gasteiger partial charge in [-0.2, -0.15) is 4.99 Å². The van der Waals surface area contributed by atoms with Gasteiger partial charge >= 0.3 is 6.03 Å². The van der Waals surface area contributed by atoms with E-state index < -0.39 is 6.03 Å². The van der Waals surface area contributed by atoms with Crippen molar-refractivity contribution in [1.29, 1.82) is 0 Å². The number of carbonyl (C=O) groups excluding carboxylic acids is 3. The van der Waals surface area contributed by atoms with Gasteiger partial charge in [0.25, 0.3) is 0 Å². The zero-order chi connectivity index (χ0) is 23.3. The predicted octanol–water partition coefficient (Wildman–Crippen LogP) is 1.26. The van der Waals surface area contributed by atoms with Gasteiger partial charge < -0.3 is 19.3 Å². The van der Waals surface area contributed by atoms with Gasteiger partial charge in [0.15, 0.2) is 11.8 Å². The molecule has 2 rings (SSSR count). The molecule has 0 aliphatic carbocycles. The van der Waals surface area contributed by atoms with E-state index in [9.17, 15) is 14.4 Å². The minimum atomic E-state index is -0.449. The van der Waals surface area contributed by atoms with Gasteiger partial charge in [-0.3, -0.25) is 9.59 Å². The maximum Gasteiger partial charge on any atom is 0.345 e. The molecule has 0 saturated heterocycles. The number of nitrogens with one attached hydrogen (secondary N) is 1. The Morgan fingerprint density at radius 3 is 2.45 bits per heavy atom. The van der Waals surface area contributed by atoms with Crippen molar-refractivity contribution in [3.63, 3.8) is 0 Å². The lowest BCUT2D eigenvalue weighted by Gasteiger charge is -2.26. The van der Waals surface area contributed by atoms with E-state index in [4.69, 9.17) is 0 Å². The number of nitrogens with zero attached hydrogens (tertiary/aromatic N) is 5. The van der Waals surface area contributed by atoms with Crippen LogP contribution in [0.1, 0.15) is 28.5 Å². The van der Waals surface area contributed by atoms with E-state index in [2.05, 4.69) is 15.3 Å². The molecule has 1 N–H and O–H groups in total. The number of fused-ring (bicyclic) bond motifs is 1. The molecule has 0 aliphatic heterocycles. The summed E-state index contributed by atoms with van der Waals surface area (Å²) >= 11 is 0. The lowest BCUT2D eigenvalue weighted by atomic mass is 10.1. The Kier molecular flexibility index (Phi) is 7.67. The van der Waals surface area contributed by atoms with Gasteiger partial charge in [-0.05, 0) is 37.1 Å². The Labute approximate surface area is 183 Å². The van der Waals surface area contributed by atoms with Crippen LogP contribution in [-0.2, 0) is 11.3 Å². The fourth-order valence-corrected chi connectivity index (χ4v) is 3.01. The normalized spacial score (nSPS) is 12.2. The molecule has 0 aliphatic rings. The number of carbonyl (C=O) groups is 3. The molecule has 168 valence electrons. The maximum absolute atomic E-state index is 12.8. The third-order valence-corrected chi connectivity index (χ3v) is 5.06. The van der Waals surface area contributed by atoms with Crippen LogP contribution in [0.15, 0.2) is 17.1 Å². The van der Waals surface area contributed by atoms with Crippen molar-refractivity contribution in [2.24, 2.45) is 4.99 Å². The van der Waals surface area contributed by atoms with Crippen molar-refractivity contribution in [2.45, 2.75) is 27.3 Å². The molecule has 1 heterocycles. The summed E-state index contributed by atoms with van der Waals surface area (Å²) < 4.78 is 2.49. The first-order valence-electron chi connectivity index (χ1n) is 10.2. The monoisotopic (exact) mass is 429 g/mol. The lowest BCUT2D eigenvalue weighted by Crippen LogP contribution is -2.42. The number of rotatable bonds is 7. The highest BCUT2D eigenvalue weighted by atomic mass is 16.2. The highest BCUT2D eigenvalue weighted by Crippen LogP contribution is 2.17. The van der Waals surface area contributed by atoms with Gasteiger partial charge in [-0.25, -0.2) is 9.78 Å². The van der Waals surface area contributed by atoms with Gasteiger partial charge in [-0.15, -0.1) is 0 Å².